The van der Waals surface area contributed by atoms with Gasteiger partial charge in [0.15, 0.2) is 0 Å². The number of hydrogen-bond acceptors (Lipinski definition) is 5. The van der Waals surface area contributed by atoms with Crippen molar-refractivity contribution >= 4 is 5.97 Å². The largest absolute Gasteiger partial charge is 1.00 e. The summed E-state index contributed by atoms with van der Waals surface area (Å²) in [5.74, 6) is -1.46. The molecule has 0 aliphatic rings. The van der Waals surface area contributed by atoms with Crippen LogP contribution in [0.2, 0.25) is 0 Å². The Bertz CT molecular complexity index is 272. The van der Waals surface area contributed by atoms with Crippen LogP contribution in [0.15, 0.2) is 4.52 Å². The van der Waals surface area contributed by atoms with Crippen LogP contribution in [0.3, 0.4) is 0 Å². The van der Waals surface area contributed by atoms with Gasteiger partial charge < -0.3 is 14.4 Å². The summed E-state index contributed by atoms with van der Waals surface area (Å²) >= 11 is 0. The molecule has 0 amide bonds. The first-order chi connectivity index (χ1) is 5.11. The van der Waals surface area contributed by atoms with Gasteiger partial charge in [0.05, 0.1) is 0 Å². The predicted octanol–water partition coefficient (Wildman–Crippen LogP) is -3.44. The fraction of sp³-hybridized carbons (Fsp3) is 0.500. The molecule has 0 atom stereocenters. The molecule has 1 aromatic rings. The molecule has 0 saturated heterocycles. The number of hydrogen-bond donors (Lipinski definition) is 0. The van der Waals surface area contributed by atoms with Crippen LogP contribution in [0.5, 0.6) is 0 Å². The monoisotopic (exact) mass is 162 g/mol. The summed E-state index contributed by atoms with van der Waals surface area (Å²) in [4.78, 5) is 13.7. The van der Waals surface area contributed by atoms with Crippen LogP contribution in [0.4, 0.5) is 0 Å². The Morgan fingerprint density at radius 3 is 2.42 bits per heavy atom. The van der Waals surface area contributed by atoms with Gasteiger partial charge in [0.1, 0.15) is 5.97 Å². The van der Waals surface area contributed by atoms with Gasteiger partial charge in [-0.05, 0) is 0 Å². The third kappa shape index (κ3) is 2.36. The molecule has 0 fully saturated rings. The van der Waals surface area contributed by atoms with Gasteiger partial charge in [0.2, 0.25) is 11.7 Å². The fourth-order valence-electron chi connectivity index (χ4n) is 0.553. The molecule has 1 aromatic heterocycles. The maximum absolute atomic E-state index is 10.1. The first-order valence-electron chi connectivity index (χ1n) is 3.16. The van der Waals surface area contributed by atoms with Crippen LogP contribution < -0.4 is 24.0 Å². The second-order valence-corrected chi connectivity index (χ2v) is 2.40. The number of carbonyl (C=O) groups is 1. The predicted molar refractivity (Wildman–Crippen MR) is 32.7 cm³/mol. The third-order valence-electron chi connectivity index (χ3n) is 1.12. The first-order valence-corrected chi connectivity index (χ1v) is 3.16. The van der Waals surface area contributed by atoms with Crippen LogP contribution in [-0.2, 0) is 0 Å². The van der Waals surface area contributed by atoms with Crippen molar-refractivity contribution in [1.82, 2.24) is 10.1 Å². The van der Waals surface area contributed by atoms with E-state index in [0.717, 1.165) is 0 Å². The van der Waals surface area contributed by atoms with Crippen molar-refractivity contribution in [2.45, 2.75) is 19.8 Å². The molecule has 0 unspecified atom stereocenters. The number of aromatic carboxylic acids is 1. The fourth-order valence-corrected chi connectivity index (χ4v) is 0.553. The Hall–Kier alpha value is -0.793. The van der Waals surface area contributed by atoms with E-state index in [1.807, 2.05) is 13.8 Å². The van der Waals surface area contributed by atoms with E-state index >= 15 is 0 Å². The maximum atomic E-state index is 10.1. The molecule has 5 nitrogen and oxygen atoms in total. The molecule has 0 radical (unpaired) electrons. The van der Waals surface area contributed by atoms with Gasteiger partial charge in [-0.1, -0.05) is 19.0 Å². The van der Waals surface area contributed by atoms with Gasteiger partial charge in [-0.15, -0.1) is 0 Å². The summed E-state index contributed by atoms with van der Waals surface area (Å²) in [7, 11) is 0. The van der Waals surface area contributed by atoms with Crippen molar-refractivity contribution in [3.8, 4) is 0 Å². The number of aromatic nitrogens is 2. The minimum atomic E-state index is -1.42. The molecule has 0 aromatic carbocycles. The molecule has 0 N–H and O–H groups in total. The molecule has 0 aliphatic carbocycles. The van der Waals surface area contributed by atoms with E-state index in [2.05, 4.69) is 14.7 Å². The van der Waals surface area contributed by atoms with Crippen molar-refractivity contribution in [2.24, 2.45) is 0 Å². The van der Waals surface area contributed by atoms with E-state index in [4.69, 9.17) is 0 Å². The summed E-state index contributed by atoms with van der Waals surface area (Å²) < 4.78 is 4.61. The van der Waals surface area contributed by atoms with E-state index < -0.39 is 11.8 Å². The molecule has 60 valence electrons. The van der Waals surface area contributed by atoms with E-state index in [-0.39, 0.29) is 24.8 Å². The molecule has 12 heavy (non-hydrogen) atoms. The van der Waals surface area contributed by atoms with Crippen LogP contribution in [-0.4, -0.2) is 16.1 Å². The Morgan fingerprint density at radius 1 is 1.58 bits per heavy atom. The second-order valence-electron chi connectivity index (χ2n) is 2.40. The van der Waals surface area contributed by atoms with Gasteiger partial charge >= 0.3 is 18.9 Å². The average molecular weight is 162 g/mol. The van der Waals surface area contributed by atoms with Crippen LogP contribution >= 0.6 is 0 Å². The van der Waals surface area contributed by atoms with Crippen molar-refractivity contribution in [3.63, 3.8) is 0 Å². The minimum absolute atomic E-state index is 0. The molecular weight excluding hydrogens is 155 g/mol. The number of rotatable bonds is 2. The van der Waals surface area contributed by atoms with E-state index in [0.29, 0.717) is 5.89 Å². The summed E-state index contributed by atoms with van der Waals surface area (Å²) in [6.45, 7) is 3.65. The molecule has 0 bridgehead atoms. The number of carbonyl (C=O) groups excluding carboxylic acids is 1. The van der Waals surface area contributed by atoms with Gasteiger partial charge in [-0.25, -0.2) is 0 Å². The molecule has 0 saturated carbocycles. The third-order valence-corrected chi connectivity index (χ3v) is 1.12. The summed E-state index contributed by atoms with van der Waals surface area (Å²) in [6.07, 6.45) is 0. The smallest absolute Gasteiger partial charge is 0.541 e. The molecular formula is C6H7LiN2O3. The number of carboxylic acids is 1. The van der Waals surface area contributed by atoms with Crippen LogP contribution in [0, 0.1) is 0 Å². The van der Waals surface area contributed by atoms with E-state index in [9.17, 15) is 9.90 Å². The van der Waals surface area contributed by atoms with Gasteiger partial charge in [0, 0.05) is 5.92 Å². The zero-order valence-corrected chi connectivity index (χ0v) is 7.20. The Morgan fingerprint density at radius 2 is 2.17 bits per heavy atom. The summed E-state index contributed by atoms with van der Waals surface area (Å²) in [5.41, 5.74) is 0. The van der Waals surface area contributed by atoms with Gasteiger partial charge in [-0.2, -0.15) is 4.98 Å². The summed E-state index contributed by atoms with van der Waals surface area (Å²) in [5, 5.41) is 13.3. The second kappa shape index (κ2) is 4.29. The minimum Gasteiger partial charge on any atom is -0.541 e. The summed E-state index contributed by atoms with van der Waals surface area (Å²) in [6, 6.07) is 0. The van der Waals surface area contributed by atoms with Crippen LogP contribution in [0.25, 0.3) is 0 Å². The zero-order valence-electron chi connectivity index (χ0n) is 7.20. The van der Waals surface area contributed by atoms with E-state index in [1.165, 1.54) is 0 Å². The molecule has 6 heteroatoms. The normalized spacial score (nSPS) is 9.58. The SMILES string of the molecule is CC(C)c1nc(C(=O)[O-])no1.[Li+]. The Labute approximate surface area is 81.3 Å². The zero-order chi connectivity index (χ0) is 8.43. The molecule has 1 heterocycles. The van der Waals surface area contributed by atoms with Crippen molar-refractivity contribution in [3.05, 3.63) is 11.7 Å². The standard InChI is InChI=1S/C6H8N2O3.Li/c1-3(2)5-7-4(6(9)10)8-11-5;/h3H,1-2H3,(H,9,10);/q;+1/p-1. The van der Waals surface area contributed by atoms with Crippen molar-refractivity contribution in [1.29, 1.82) is 0 Å². The topological polar surface area (TPSA) is 79.0 Å². The molecule has 0 spiro atoms. The van der Waals surface area contributed by atoms with Crippen LogP contribution in [0.1, 0.15) is 36.3 Å². The van der Waals surface area contributed by atoms with Gasteiger partial charge in [-0.3, -0.25) is 0 Å². The average Bonchev–Trinajstić information content (AvgIpc) is 2.33. The Balaban J connectivity index is 0.00000121. The van der Waals surface area contributed by atoms with Crippen molar-refractivity contribution < 1.29 is 33.3 Å². The Kier molecular flexibility index (Phi) is 4.00. The van der Waals surface area contributed by atoms with Crippen molar-refractivity contribution in [2.75, 3.05) is 0 Å². The van der Waals surface area contributed by atoms with E-state index in [1.54, 1.807) is 0 Å². The maximum Gasteiger partial charge on any atom is 1.00 e. The first kappa shape index (κ1) is 11.2. The number of carboxylic acid groups (broad SMARTS) is 1. The number of nitrogens with zero attached hydrogens (tertiary/aromatic N) is 2. The molecule has 1 rings (SSSR count). The van der Waals surface area contributed by atoms with Gasteiger partial charge in [0.25, 0.3) is 0 Å². The molecule has 0 aliphatic heterocycles. The quantitative estimate of drug-likeness (QED) is 0.423.